The minimum absolute atomic E-state index is 0.0841. The number of rotatable bonds is 5. The third-order valence-electron chi connectivity index (χ3n) is 2.61. The largest absolute Gasteiger partial charge is 0.494 e. The molecule has 2 N–H and O–H groups in total. The first-order chi connectivity index (χ1) is 8.86. The maximum absolute atomic E-state index is 13.6. The molecule has 104 valence electrons. The second kappa shape index (κ2) is 6.47. The molecule has 0 aliphatic heterocycles. The van der Waals surface area contributed by atoms with Crippen LogP contribution < -0.4 is 10.5 Å². The fourth-order valence-corrected chi connectivity index (χ4v) is 1.76. The lowest BCUT2D eigenvalue weighted by molar-refractivity contribution is 0.0735. The number of nitrogens with zero attached hydrogens (tertiary/aromatic N) is 1. The molecule has 0 saturated carbocycles. The first-order valence-electron chi connectivity index (χ1n) is 5.79. The summed E-state index contributed by atoms with van der Waals surface area (Å²) in [7, 11) is 1.37. The second-order valence-corrected chi connectivity index (χ2v) is 4.87. The van der Waals surface area contributed by atoms with E-state index < -0.39 is 5.82 Å². The van der Waals surface area contributed by atoms with Crippen LogP contribution in [0, 0.1) is 5.82 Å². The zero-order valence-corrected chi connectivity index (χ0v) is 12.0. The van der Waals surface area contributed by atoms with E-state index in [1.807, 2.05) is 13.8 Å². The number of amides is 1. The molecular weight excluding hydrogens is 267 g/mol. The van der Waals surface area contributed by atoms with Crippen LogP contribution in [0.3, 0.4) is 0 Å². The van der Waals surface area contributed by atoms with E-state index in [1.54, 1.807) is 0 Å². The molecule has 0 unspecified atom stereocenters. The summed E-state index contributed by atoms with van der Waals surface area (Å²) in [5.41, 5.74) is 5.71. The summed E-state index contributed by atoms with van der Waals surface area (Å²) in [6, 6.07) is 4.00. The number of benzene rings is 1. The Kier molecular flexibility index (Phi) is 5.23. The fraction of sp³-hybridized carbons (Fsp3) is 0.385. The molecule has 0 aliphatic rings. The first kappa shape index (κ1) is 15.4. The summed E-state index contributed by atoms with van der Waals surface area (Å²) in [5.74, 6) is -0.793. The van der Waals surface area contributed by atoms with Gasteiger partial charge in [0.1, 0.15) is 0 Å². The maximum Gasteiger partial charge on any atom is 0.254 e. The van der Waals surface area contributed by atoms with Crippen LogP contribution in [0.1, 0.15) is 24.2 Å². The number of carbonyl (C=O) groups is 1. The van der Waals surface area contributed by atoms with Gasteiger partial charge in [-0.25, -0.2) is 4.39 Å². The van der Waals surface area contributed by atoms with E-state index >= 15 is 0 Å². The van der Waals surface area contributed by atoms with Crippen molar-refractivity contribution < 1.29 is 13.9 Å². The predicted molar refractivity (Wildman–Crippen MR) is 75.9 cm³/mol. The third kappa shape index (κ3) is 3.89. The molecule has 0 spiro atoms. The molecule has 0 aliphatic carbocycles. The maximum atomic E-state index is 13.6. The molecule has 19 heavy (non-hydrogen) atoms. The van der Waals surface area contributed by atoms with Crippen molar-refractivity contribution in [3.63, 3.8) is 0 Å². The van der Waals surface area contributed by atoms with Crippen LogP contribution in [0.4, 0.5) is 4.39 Å². The monoisotopic (exact) mass is 284 g/mol. The van der Waals surface area contributed by atoms with Gasteiger partial charge in [-0.3, -0.25) is 4.79 Å². The van der Waals surface area contributed by atoms with Gasteiger partial charge in [0.2, 0.25) is 0 Å². The highest BCUT2D eigenvalue weighted by molar-refractivity contribution is 7.80. The lowest BCUT2D eigenvalue weighted by atomic mass is 10.1. The Morgan fingerprint density at radius 1 is 1.53 bits per heavy atom. The summed E-state index contributed by atoms with van der Waals surface area (Å²) in [6.45, 7) is 3.85. The number of methoxy groups -OCH3 is 1. The van der Waals surface area contributed by atoms with Crippen molar-refractivity contribution in [1.82, 2.24) is 4.90 Å². The van der Waals surface area contributed by atoms with Crippen LogP contribution in [0.2, 0.25) is 0 Å². The first-order valence-corrected chi connectivity index (χ1v) is 6.20. The summed E-state index contributed by atoms with van der Waals surface area (Å²) in [5, 5.41) is 0. The van der Waals surface area contributed by atoms with Gasteiger partial charge in [0.25, 0.3) is 5.91 Å². The van der Waals surface area contributed by atoms with Crippen molar-refractivity contribution in [2.75, 3.05) is 13.7 Å². The Morgan fingerprint density at radius 3 is 2.58 bits per heavy atom. The lowest BCUT2D eigenvalue weighted by Gasteiger charge is -2.26. The van der Waals surface area contributed by atoms with Crippen molar-refractivity contribution in [3.8, 4) is 5.75 Å². The Hall–Kier alpha value is -1.69. The Labute approximate surface area is 117 Å². The molecule has 1 aromatic rings. The van der Waals surface area contributed by atoms with Gasteiger partial charge >= 0.3 is 0 Å². The smallest absolute Gasteiger partial charge is 0.254 e. The highest BCUT2D eigenvalue weighted by atomic mass is 32.1. The minimum Gasteiger partial charge on any atom is -0.494 e. The molecule has 0 aromatic heterocycles. The van der Waals surface area contributed by atoms with Gasteiger partial charge in [0, 0.05) is 11.6 Å². The number of halogens is 1. The number of hydrogen-bond acceptors (Lipinski definition) is 3. The van der Waals surface area contributed by atoms with Gasteiger partial charge in [0.15, 0.2) is 11.6 Å². The van der Waals surface area contributed by atoms with Crippen LogP contribution in [0.25, 0.3) is 0 Å². The average Bonchev–Trinajstić information content (AvgIpc) is 2.34. The molecule has 1 rings (SSSR count). The molecule has 0 heterocycles. The number of nitrogens with two attached hydrogens (primary N) is 1. The zero-order chi connectivity index (χ0) is 14.6. The second-order valence-electron chi connectivity index (χ2n) is 4.34. The Morgan fingerprint density at radius 2 is 2.16 bits per heavy atom. The van der Waals surface area contributed by atoms with Crippen molar-refractivity contribution in [2.24, 2.45) is 5.73 Å². The molecule has 0 radical (unpaired) electrons. The minimum atomic E-state index is -0.576. The van der Waals surface area contributed by atoms with E-state index in [2.05, 4.69) is 0 Å². The average molecular weight is 284 g/mol. The Balaban J connectivity index is 3.03. The topological polar surface area (TPSA) is 55.6 Å². The van der Waals surface area contributed by atoms with E-state index in [9.17, 15) is 9.18 Å². The van der Waals surface area contributed by atoms with Crippen LogP contribution in [-0.2, 0) is 0 Å². The van der Waals surface area contributed by atoms with E-state index in [0.29, 0.717) is 0 Å². The molecule has 0 atom stereocenters. The number of carbonyl (C=O) groups excluding carboxylic acids is 1. The van der Waals surface area contributed by atoms with Gasteiger partial charge < -0.3 is 15.4 Å². The quantitative estimate of drug-likeness (QED) is 0.840. The number of ether oxygens (including phenoxy) is 1. The zero-order valence-electron chi connectivity index (χ0n) is 11.1. The standard InChI is InChI=1S/C13H17FN2O2S/c1-8(2)16(7-12(15)19)13(17)9-4-5-11(18-3)10(14)6-9/h4-6,8H,7H2,1-3H3,(H2,15,19). The van der Waals surface area contributed by atoms with Crippen molar-refractivity contribution >= 4 is 23.1 Å². The van der Waals surface area contributed by atoms with Gasteiger partial charge in [-0.2, -0.15) is 0 Å². The molecule has 0 fully saturated rings. The number of hydrogen-bond donors (Lipinski definition) is 1. The van der Waals surface area contributed by atoms with Crippen LogP contribution >= 0.6 is 12.2 Å². The summed E-state index contributed by atoms with van der Waals surface area (Å²) >= 11 is 4.82. The summed E-state index contributed by atoms with van der Waals surface area (Å²) in [4.78, 5) is 14.0. The molecule has 4 nitrogen and oxygen atoms in total. The highest BCUT2D eigenvalue weighted by Crippen LogP contribution is 2.19. The van der Waals surface area contributed by atoms with E-state index in [4.69, 9.17) is 22.7 Å². The Bertz CT molecular complexity index is 492. The fourth-order valence-electron chi connectivity index (χ4n) is 1.62. The third-order valence-corrected chi connectivity index (χ3v) is 2.74. The van der Waals surface area contributed by atoms with Gasteiger partial charge in [-0.05, 0) is 32.0 Å². The van der Waals surface area contributed by atoms with Crippen LogP contribution in [0.15, 0.2) is 18.2 Å². The lowest BCUT2D eigenvalue weighted by Crippen LogP contribution is -2.42. The van der Waals surface area contributed by atoms with Gasteiger partial charge in [-0.15, -0.1) is 0 Å². The predicted octanol–water partition coefficient (Wildman–Crippen LogP) is 1.97. The van der Waals surface area contributed by atoms with Crippen LogP contribution in [-0.4, -0.2) is 35.5 Å². The van der Waals surface area contributed by atoms with Gasteiger partial charge in [-0.1, -0.05) is 12.2 Å². The molecule has 6 heteroatoms. The van der Waals surface area contributed by atoms with Crippen molar-refractivity contribution in [1.29, 1.82) is 0 Å². The highest BCUT2D eigenvalue weighted by Gasteiger charge is 2.20. The molecular formula is C13H17FN2O2S. The summed E-state index contributed by atoms with van der Waals surface area (Å²) < 4.78 is 18.4. The molecule has 0 bridgehead atoms. The molecule has 1 amide bonds. The van der Waals surface area contributed by atoms with Crippen LogP contribution in [0.5, 0.6) is 5.75 Å². The van der Waals surface area contributed by atoms with Crippen molar-refractivity contribution in [2.45, 2.75) is 19.9 Å². The van der Waals surface area contributed by atoms with Crippen molar-refractivity contribution in [3.05, 3.63) is 29.6 Å². The summed E-state index contributed by atoms with van der Waals surface area (Å²) in [6.07, 6.45) is 0. The van der Waals surface area contributed by atoms with E-state index in [1.165, 1.54) is 24.1 Å². The van der Waals surface area contributed by atoms with E-state index in [-0.39, 0.29) is 34.8 Å². The SMILES string of the molecule is COc1ccc(C(=O)N(CC(N)=S)C(C)C)cc1F. The molecule has 1 aromatic carbocycles. The normalized spacial score (nSPS) is 10.4. The van der Waals surface area contributed by atoms with Gasteiger partial charge in [0.05, 0.1) is 18.6 Å². The van der Waals surface area contributed by atoms with E-state index in [0.717, 1.165) is 6.07 Å². The molecule has 0 saturated heterocycles. The number of thiocarbonyl (C=S) groups is 1.